The largest absolute Gasteiger partial charge is 0.497 e. The molecule has 3 heterocycles. The third kappa shape index (κ3) is 3.11. The molecule has 0 fully saturated rings. The summed E-state index contributed by atoms with van der Waals surface area (Å²) in [6.07, 6.45) is 4.96. The van der Waals surface area contributed by atoms with Crippen molar-refractivity contribution in [1.29, 1.82) is 0 Å². The fraction of sp³-hybridized carbons (Fsp3) is 0.188. The minimum Gasteiger partial charge on any atom is -0.497 e. The van der Waals surface area contributed by atoms with Crippen LogP contribution in [0.15, 0.2) is 49.3 Å². The maximum absolute atomic E-state index is 5.20. The van der Waals surface area contributed by atoms with Gasteiger partial charge in [0.1, 0.15) is 24.7 Å². The van der Waals surface area contributed by atoms with Crippen LogP contribution in [0, 0.1) is 0 Å². The molecule has 0 radical (unpaired) electrons. The van der Waals surface area contributed by atoms with Gasteiger partial charge >= 0.3 is 0 Å². The molecule has 0 bridgehead atoms. The van der Waals surface area contributed by atoms with Crippen molar-refractivity contribution in [2.24, 2.45) is 0 Å². The number of ether oxygens (including phenoxy) is 1. The molecule has 0 amide bonds. The van der Waals surface area contributed by atoms with Gasteiger partial charge in [-0.1, -0.05) is 0 Å². The number of rotatable bonds is 6. The predicted molar refractivity (Wildman–Crippen MR) is 91.3 cm³/mol. The van der Waals surface area contributed by atoms with E-state index in [1.54, 1.807) is 30.6 Å². The number of nitrogens with one attached hydrogen (secondary N) is 1. The Morgan fingerprint density at radius 1 is 1.04 bits per heavy atom. The SMILES string of the molecule is COc1ccc(-c2cc(NCCn3cnnc3)c3nncn3n2)cc1. The van der Waals surface area contributed by atoms with Gasteiger partial charge in [-0.15, -0.1) is 20.4 Å². The van der Waals surface area contributed by atoms with Crippen molar-refractivity contribution in [2.75, 3.05) is 19.0 Å². The van der Waals surface area contributed by atoms with Gasteiger partial charge in [-0.25, -0.2) is 0 Å². The van der Waals surface area contributed by atoms with Crippen LogP contribution in [0.2, 0.25) is 0 Å². The van der Waals surface area contributed by atoms with E-state index in [2.05, 4.69) is 30.8 Å². The number of nitrogens with zero attached hydrogens (tertiary/aromatic N) is 7. The van der Waals surface area contributed by atoms with E-state index in [1.807, 2.05) is 34.9 Å². The Labute approximate surface area is 143 Å². The molecule has 0 aliphatic rings. The molecule has 0 atom stereocenters. The minimum absolute atomic E-state index is 0.681. The number of hydrogen-bond donors (Lipinski definition) is 1. The number of benzene rings is 1. The molecule has 25 heavy (non-hydrogen) atoms. The van der Waals surface area contributed by atoms with Crippen molar-refractivity contribution in [3.63, 3.8) is 0 Å². The van der Waals surface area contributed by atoms with E-state index in [4.69, 9.17) is 4.74 Å². The van der Waals surface area contributed by atoms with E-state index >= 15 is 0 Å². The summed E-state index contributed by atoms with van der Waals surface area (Å²) in [5, 5.41) is 23.6. The van der Waals surface area contributed by atoms with Crippen LogP contribution in [0.5, 0.6) is 5.75 Å². The van der Waals surface area contributed by atoms with Crippen LogP contribution in [-0.4, -0.2) is 48.2 Å². The van der Waals surface area contributed by atoms with Crippen molar-refractivity contribution in [2.45, 2.75) is 6.54 Å². The highest BCUT2D eigenvalue weighted by molar-refractivity contribution is 5.73. The Morgan fingerprint density at radius 2 is 1.84 bits per heavy atom. The molecule has 3 aromatic heterocycles. The zero-order chi connectivity index (χ0) is 17.1. The molecular formula is C16H16N8O. The maximum atomic E-state index is 5.20. The molecule has 0 unspecified atom stereocenters. The summed E-state index contributed by atoms with van der Waals surface area (Å²) in [6.45, 7) is 1.44. The fourth-order valence-electron chi connectivity index (χ4n) is 2.52. The first-order chi connectivity index (χ1) is 12.3. The molecule has 0 spiro atoms. The summed E-state index contributed by atoms with van der Waals surface area (Å²) < 4.78 is 8.77. The van der Waals surface area contributed by atoms with Crippen LogP contribution in [0.3, 0.4) is 0 Å². The number of aromatic nitrogens is 7. The van der Waals surface area contributed by atoms with Gasteiger partial charge in [-0.05, 0) is 30.3 Å². The first-order valence-corrected chi connectivity index (χ1v) is 7.75. The molecule has 0 saturated carbocycles. The Balaban J connectivity index is 1.61. The molecule has 0 aliphatic carbocycles. The van der Waals surface area contributed by atoms with E-state index < -0.39 is 0 Å². The van der Waals surface area contributed by atoms with Gasteiger partial charge in [0.05, 0.1) is 18.5 Å². The van der Waals surface area contributed by atoms with E-state index in [0.29, 0.717) is 12.2 Å². The molecule has 1 aromatic carbocycles. The molecule has 4 aromatic rings. The Bertz CT molecular complexity index is 962. The van der Waals surface area contributed by atoms with Crippen molar-refractivity contribution in [3.8, 4) is 17.0 Å². The topological polar surface area (TPSA) is 95.0 Å². The van der Waals surface area contributed by atoms with Gasteiger partial charge in [0.25, 0.3) is 0 Å². The summed E-state index contributed by atoms with van der Waals surface area (Å²) >= 11 is 0. The lowest BCUT2D eigenvalue weighted by molar-refractivity contribution is 0.415. The quantitative estimate of drug-likeness (QED) is 0.570. The number of hydrogen-bond acceptors (Lipinski definition) is 7. The molecule has 0 aliphatic heterocycles. The summed E-state index contributed by atoms with van der Waals surface area (Å²) in [4.78, 5) is 0. The number of methoxy groups -OCH3 is 1. The van der Waals surface area contributed by atoms with Crippen LogP contribution in [-0.2, 0) is 6.54 Å². The zero-order valence-corrected chi connectivity index (χ0v) is 13.6. The second-order valence-corrected chi connectivity index (χ2v) is 5.40. The molecule has 126 valence electrons. The number of fused-ring (bicyclic) bond motifs is 1. The highest BCUT2D eigenvalue weighted by Gasteiger charge is 2.09. The first-order valence-electron chi connectivity index (χ1n) is 7.75. The summed E-state index contributed by atoms with van der Waals surface area (Å²) in [5.74, 6) is 0.807. The Morgan fingerprint density at radius 3 is 2.60 bits per heavy atom. The molecule has 4 rings (SSSR count). The fourth-order valence-corrected chi connectivity index (χ4v) is 2.52. The summed E-state index contributed by atoms with van der Waals surface area (Å²) in [7, 11) is 1.65. The van der Waals surface area contributed by atoms with E-state index in [9.17, 15) is 0 Å². The molecular weight excluding hydrogens is 320 g/mol. The highest BCUT2D eigenvalue weighted by Crippen LogP contribution is 2.24. The van der Waals surface area contributed by atoms with Crippen molar-refractivity contribution >= 4 is 11.3 Å². The lowest BCUT2D eigenvalue weighted by atomic mass is 10.1. The van der Waals surface area contributed by atoms with E-state index in [-0.39, 0.29) is 0 Å². The van der Waals surface area contributed by atoms with Crippen molar-refractivity contribution < 1.29 is 4.74 Å². The smallest absolute Gasteiger partial charge is 0.200 e. The van der Waals surface area contributed by atoms with E-state index in [0.717, 1.165) is 29.2 Å². The second kappa shape index (κ2) is 6.56. The average molecular weight is 336 g/mol. The predicted octanol–water partition coefficient (Wildman–Crippen LogP) is 1.50. The molecule has 9 nitrogen and oxygen atoms in total. The van der Waals surface area contributed by atoms with Gasteiger partial charge in [-0.3, -0.25) is 0 Å². The molecule has 9 heteroatoms. The highest BCUT2D eigenvalue weighted by atomic mass is 16.5. The maximum Gasteiger partial charge on any atom is 0.200 e. The molecule has 0 saturated heterocycles. The normalized spacial score (nSPS) is 10.9. The van der Waals surface area contributed by atoms with Gasteiger partial charge < -0.3 is 14.6 Å². The lowest BCUT2D eigenvalue weighted by Gasteiger charge is -2.10. The second-order valence-electron chi connectivity index (χ2n) is 5.40. The Kier molecular flexibility index (Phi) is 3.95. The van der Waals surface area contributed by atoms with Crippen LogP contribution < -0.4 is 10.1 Å². The van der Waals surface area contributed by atoms with Crippen LogP contribution in [0.1, 0.15) is 0 Å². The third-order valence-corrected chi connectivity index (χ3v) is 3.81. The zero-order valence-electron chi connectivity index (χ0n) is 13.6. The summed E-state index contributed by atoms with van der Waals surface area (Å²) in [5.41, 5.74) is 3.35. The van der Waals surface area contributed by atoms with Gasteiger partial charge in [0.2, 0.25) is 5.65 Å². The lowest BCUT2D eigenvalue weighted by Crippen LogP contribution is -2.11. The summed E-state index contributed by atoms with van der Waals surface area (Å²) in [6, 6.07) is 9.73. The standard InChI is InChI=1S/C16H16N8O/c1-25-13-4-2-12(3-5-13)14-8-15(16-21-20-11-24(16)22-14)17-6-7-23-9-18-19-10-23/h2-5,8-11,17H,6-7H2,1H3. The monoisotopic (exact) mass is 336 g/mol. The van der Waals surface area contributed by atoms with Crippen LogP contribution in [0.25, 0.3) is 16.9 Å². The Hall–Kier alpha value is -3.49. The van der Waals surface area contributed by atoms with Gasteiger partial charge in [0, 0.05) is 18.7 Å². The van der Waals surface area contributed by atoms with Crippen LogP contribution >= 0.6 is 0 Å². The number of anilines is 1. The van der Waals surface area contributed by atoms with Crippen molar-refractivity contribution in [1.82, 2.24) is 34.6 Å². The third-order valence-electron chi connectivity index (χ3n) is 3.81. The van der Waals surface area contributed by atoms with Gasteiger partial charge in [-0.2, -0.15) is 9.61 Å². The van der Waals surface area contributed by atoms with Crippen LogP contribution in [0.4, 0.5) is 5.69 Å². The van der Waals surface area contributed by atoms with Crippen molar-refractivity contribution in [3.05, 3.63) is 49.3 Å². The van der Waals surface area contributed by atoms with E-state index in [1.165, 1.54) is 0 Å². The minimum atomic E-state index is 0.681. The molecule has 1 N–H and O–H groups in total. The first kappa shape index (κ1) is 15.1. The van der Waals surface area contributed by atoms with Gasteiger partial charge in [0.15, 0.2) is 0 Å². The average Bonchev–Trinajstić information content (AvgIpc) is 3.33.